The number of carbonyl (C=O) groups excluding carboxylic acids is 1. The monoisotopic (exact) mass is 428 g/mol. The number of rotatable bonds is 6. The fourth-order valence-electron chi connectivity index (χ4n) is 2.81. The average Bonchev–Trinajstić information content (AvgIpc) is 2.87. The molecule has 1 aromatic carbocycles. The summed E-state index contributed by atoms with van der Waals surface area (Å²) < 4.78 is 18.2. The Morgan fingerprint density at radius 2 is 1.96 bits per heavy atom. The highest BCUT2D eigenvalue weighted by Gasteiger charge is 2.32. The molecular formula is C18H21IO4. The van der Waals surface area contributed by atoms with Gasteiger partial charge in [-0.2, -0.15) is 0 Å². The summed E-state index contributed by atoms with van der Waals surface area (Å²) in [5, 5.41) is 0. The van der Waals surface area contributed by atoms with E-state index in [4.69, 9.17) is 14.2 Å². The number of benzene rings is 1. The molecule has 0 N–H and O–H groups in total. The summed E-state index contributed by atoms with van der Waals surface area (Å²) in [5.74, 6) is 0.145. The van der Waals surface area contributed by atoms with E-state index < -0.39 is 0 Å². The largest absolute Gasteiger partial charge is 0.369 e. The third kappa shape index (κ3) is 4.62. The third-order valence-corrected chi connectivity index (χ3v) is 5.44. The van der Waals surface area contributed by atoms with E-state index in [1.807, 2.05) is 30.3 Å². The predicted octanol–water partition coefficient (Wildman–Crippen LogP) is 3.78. The van der Waals surface area contributed by atoms with Crippen LogP contribution in [0.15, 0.2) is 39.5 Å². The van der Waals surface area contributed by atoms with Crippen molar-refractivity contribution in [1.82, 2.24) is 0 Å². The second-order valence-corrected chi connectivity index (χ2v) is 6.94. The number of ether oxygens (including phenoxy) is 3. The fraction of sp³-hybridized carbons (Fsp3) is 0.500. The molecule has 1 aliphatic carbocycles. The summed E-state index contributed by atoms with van der Waals surface area (Å²) in [7, 11) is 0. The Labute approximate surface area is 150 Å². The summed E-state index contributed by atoms with van der Waals surface area (Å²) in [6, 6.07) is 10.0. The molecule has 2 aliphatic rings. The summed E-state index contributed by atoms with van der Waals surface area (Å²) in [6.45, 7) is 1.67. The van der Waals surface area contributed by atoms with Gasteiger partial charge in [-0.25, -0.2) is 0 Å². The first kappa shape index (κ1) is 17.1. The van der Waals surface area contributed by atoms with Crippen molar-refractivity contribution in [1.29, 1.82) is 0 Å². The topological polar surface area (TPSA) is 44.8 Å². The van der Waals surface area contributed by atoms with Crippen LogP contribution < -0.4 is 0 Å². The van der Waals surface area contributed by atoms with Crippen molar-refractivity contribution in [2.75, 3.05) is 13.2 Å². The molecule has 0 aromatic heterocycles. The van der Waals surface area contributed by atoms with E-state index >= 15 is 0 Å². The highest BCUT2D eigenvalue weighted by Crippen LogP contribution is 2.32. The zero-order valence-electron chi connectivity index (χ0n) is 13.0. The molecule has 0 saturated carbocycles. The second-order valence-electron chi connectivity index (χ2n) is 5.86. The normalized spacial score (nSPS) is 25.2. The molecule has 23 heavy (non-hydrogen) atoms. The van der Waals surface area contributed by atoms with Gasteiger partial charge >= 0.3 is 0 Å². The lowest BCUT2D eigenvalue weighted by atomic mass is 10.2. The number of Topliss-reactive ketones (excluding diaryl/α,β-unsaturated/α-hetero) is 1. The van der Waals surface area contributed by atoms with Gasteiger partial charge in [-0.15, -0.1) is 0 Å². The summed E-state index contributed by atoms with van der Waals surface area (Å²) >= 11 is 2.11. The van der Waals surface area contributed by atoms with E-state index in [1.165, 1.54) is 0 Å². The van der Waals surface area contributed by atoms with Crippen molar-refractivity contribution >= 4 is 28.4 Å². The van der Waals surface area contributed by atoms with Crippen molar-refractivity contribution in [3.8, 4) is 0 Å². The van der Waals surface area contributed by atoms with Crippen LogP contribution in [0.1, 0.15) is 31.2 Å². The molecule has 2 atom stereocenters. The van der Waals surface area contributed by atoms with Gasteiger partial charge in [-0.3, -0.25) is 4.79 Å². The molecule has 1 heterocycles. The van der Waals surface area contributed by atoms with Crippen LogP contribution in [0.2, 0.25) is 0 Å². The van der Waals surface area contributed by atoms with Gasteiger partial charge in [0.05, 0.1) is 22.9 Å². The summed E-state index contributed by atoms with van der Waals surface area (Å²) in [6.07, 6.45) is 3.24. The minimum absolute atomic E-state index is 0.145. The minimum atomic E-state index is -0.182. The molecule has 1 aromatic rings. The summed E-state index contributed by atoms with van der Waals surface area (Å²) in [5.41, 5.74) is 2.07. The maximum absolute atomic E-state index is 12.0. The zero-order valence-corrected chi connectivity index (χ0v) is 15.2. The van der Waals surface area contributed by atoms with E-state index in [9.17, 15) is 4.79 Å². The first-order valence-electron chi connectivity index (χ1n) is 8.04. The number of allylic oxidation sites excluding steroid dienone is 1. The molecule has 3 rings (SSSR count). The Morgan fingerprint density at radius 3 is 2.70 bits per heavy atom. The fourth-order valence-corrected chi connectivity index (χ4v) is 3.54. The van der Waals surface area contributed by atoms with E-state index in [2.05, 4.69) is 22.6 Å². The van der Waals surface area contributed by atoms with Gasteiger partial charge in [0, 0.05) is 18.6 Å². The Hall–Kier alpha value is -0.760. The molecule has 1 aliphatic heterocycles. The van der Waals surface area contributed by atoms with E-state index in [0.717, 1.165) is 40.6 Å². The van der Waals surface area contributed by atoms with Gasteiger partial charge in [0.1, 0.15) is 0 Å². The number of hydrogen-bond acceptors (Lipinski definition) is 4. The van der Waals surface area contributed by atoms with Gasteiger partial charge < -0.3 is 14.2 Å². The molecule has 0 amide bonds. The Morgan fingerprint density at radius 1 is 1.13 bits per heavy atom. The van der Waals surface area contributed by atoms with Crippen LogP contribution in [-0.4, -0.2) is 31.4 Å². The van der Waals surface area contributed by atoms with E-state index in [-0.39, 0.29) is 18.2 Å². The number of halogens is 1. The smallest absolute Gasteiger partial charge is 0.172 e. The SMILES string of the molecule is O=C1C[C@H](OCc2ccccc2)C(COC2CCCCO2)=C1I. The quantitative estimate of drug-likeness (QED) is 0.648. The Bertz CT molecular complexity index is 564. The molecule has 124 valence electrons. The van der Waals surface area contributed by atoms with Crippen molar-refractivity contribution in [3.05, 3.63) is 45.0 Å². The van der Waals surface area contributed by atoms with Crippen LogP contribution >= 0.6 is 22.6 Å². The zero-order chi connectivity index (χ0) is 16.1. The van der Waals surface area contributed by atoms with Gasteiger partial charge in [0.2, 0.25) is 0 Å². The van der Waals surface area contributed by atoms with Crippen LogP contribution in [0.3, 0.4) is 0 Å². The van der Waals surface area contributed by atoms with Gasteiger partial charge in [0.25, 0.3) is 0 Å². The third-order valence-electron chi connectivity index (χ3n) is 4.14. The van der Waals surface area contributed by atoms with Crippen molar-refractivity contribution in [2.24, 2.45) is 0 Å². The lowest BCUT2D eigenvalue weighted by molar-refractivity contribution is -0.158. The van der Waals surface area contributed by atoms with Crippen molar-refractivity contribution in [2.45, 2.75) is 44.7 Å². The number of hydrogen-bond donors (Lipinski definition) is 0. The van der Waals surface area contributed by atoms with Gasteiger partial charge in [0.15, 0.2) is 12.1 Å². The van der Waals surface area contributed by atoms with Crippen LogP contribution in [0.25, 0.3) is 0 Å². The second kappa shape index (κ2) is 8.37. The van der Waals surface area contributed by atoms with Crippen LogP contribution in [0.4, 0.5) is 0 Å². The van der Waals surface area contributed by atoms with Crippen molar-refractivity contribution in [3.63, 3.8) is 0 Å². The molecule has 1 saturated heterocycles. The first-order chi connectivity index (χ1) is 11.2. The van der Waals surface area contributed by atoms with E-state index in [1.54, 1.807) is 0 Å². The van der Waals surface area contributed by atoms with Crippen LogP contribution in [-0.2, 0) is 25.6 Å². The maximum atomic E-state index is 12.0. The summed E-state index contributed by atoms with van der Waals surface area (Å²) in [4.78, 5) is 12.0. The molecule has 4 nitrogen and oxygen atoms in total. The maximum Gasteiger partial charge on any atom is 0.172 e. The standard InChI is InChI=1S/C18H21IO4/c19-18-14(12-23-17-8-4-5-9-21-17)16(10-15(18)20)22-11-13-6-2-1-3-7-13/h1-3,6-7,16-17H,4-5,8-12H2/t16-,17?/m0/s1. The lowest BCUT2D eigenvalue weighted by Gasteiger charge is -2.24. The minimum Gasteiger partial charge on any atom is -0.369 e. The molecule has 0 spiro atoms. The highest BCUT2D eigenvalue weighted by molar-refractivity contribution is 14.1. The van der Waals surface area contributed by atoms with Gasteiger partial charge in [-0.05, 0) is 47.4 Å². The first-order valence-corrected chi connectivity index (χ1v) is 9.12. The Kier molecular flexibility index (Phi) is 6.21. The molecular weight excluding hydrogens is 407 g/mol. The molecule has 5 heteroatoms. The highest BCUT2D eigenvalue weighted by atomic mass is 127. The van der Waals surface area contributed by atoms with E-state index in [0.29, 0.717) is 19.6 Å². The lowest BCUT2D eigenvalue weighted by Crippen LogP contribution is -2.25. The molecule has 0 bridgehead atoms. The average molecular weight is 428 g/mol. The van der Waals surface area contributed by atoms with Gasteiger partial charge in [-0.1, -0.05) is 30.3 Å². The molecule has 0 radical (unpaired) electrons. The number of ketones is 1. The van der Waals surface area contributed by atoms with Crippen molar-refractivity contribution < 1.29 is 19.0 Å². The molecule has 1 fully saturated rings. The Balaban J connectivity index is 1.57. The predicted molar refractivity (Wildman–Crippen MR) is 95.2 cm³/mol. The molecule has 1 unspecified atom stereocenters. The van der Waals surface area contributed by atoms with Crippen LogP contribution in [0, 0.1) is 0 Å². The van der Waals surface area contributed by atoms with Crippen LogP contribution in [0.5, 0.6) is 0 Å². The number of carbonyl (C=O) groups is 1.